The minimum Gasteiger partial charge on any atom is -0.396 e. The SMILES string of the molecule is O=CCCCCCCCC(O)C(O)CCCCCCO. The smallest absolute Gasteiger partial charge is 0.119 e. The summed E-state index contributed by atoms with van der Waals surface area (Å²) in [7, 11) is 0. The third kappa shape index (κ3) is 12.6. The lowest BCUT2D eigenvalue weighted by molar-refractivity contribution is -0.107. The van der Waals surface area contributed by atoms with Crippen LogP contribution in [0.15, 0.2) is 0 Å². The Morgan fingerprint density at radius 1 is 0.700 bits per heavy atom. The van der Waals surface area contributed by atoms with Crippen molar-refractivity contribution in [3.63, 3.8) is 0 Å². The van der Waals surface area contributed by atoms with Crippen molar-refractivity contribution in [2.75, 3.05) is 6.61 Å². The summed E-state index contributed by atoms with van der Waals surface area (Å²) in [5.74, 6) is 0. The van der Waals surface area contributed by atoms with Gasteiger partial charge in [-0.25, -0.2) is 0 Å². The third-order valence-electron chi connectivity index (χ3n) is 3.67. The lowest BCUT2D eigenvalue weighted by Crippen LogP contribution is -2.25. The van der Waals surface area contributed by atoms with Crippen molar-refractivity contribution in [3.8, 4) is 0 Å². The lowest BCUT2D eigenvalue weighted by atomic mass is 10.00. The second-order valence-electron chi connectivity index (χ2n) is 5.57. The van der Waals surface area contributed by atoms with Gasteiger partial charge in [0.2, 0.25) is 0 Å². The Morgan fingerprint density at radius 2 is 1.15 bits per heavy atom. The zero-order valence-electron chi connectivity index (χ0n) is 12.7. The zero-order chi connectivity index (χ0) is 15.1. The molecule has 20 heavy (non-hydrogen) atoms. The van der Waals surface area contributed by atoms with E-state index in [2.05, 4.69) is 0 Å². The molecule has 0 aromatic carbocycles. The molecule has 0 heterocycles. The van der Waals surface area contributed by atoms with Gasteiger partial charge in [-0.15, -0.1) is 0 Å². The van der Waals surface area contributed by atoms with Crippen LogP contribution < -0.4 is 0 Å². The zero-order valence-corrected chi connectivity index (χ0v) is 12.7. The first-order valence-electron chi connectivity index (χ1n) is 8.13. The van der Waals surface area contributed by atoms with Gasteiger partial charge in [-0.2, -0.15) is 0 Å². The monoisotopic (exact) mass is 288 g/mol. The Bertz CT molecular complexity index is 209. The number of carbonyl (C=O) groups is 1. The highest BCUT2D eigenvalue weighted by Crippen LogP contribution is 2.14. The van der Waals surface area contributed by atoms with Gasteiger partial charge in [0.15, 0.2) is 0 Å². The maximum atomic E-state index is 10.1. The van der Waals surface area contributed by atoms with Gasteiger partial charge in [0.25, 0.3) is 0 Å². The number of aliphatic hydroxyl groups excluding tert-OH is 3. The number of unbranched alkanes of at least 4 members (excludes halogenated alkanes) is 8. The number of carbonyl (C=O) groups excluding carboxylic acids is 1. The molecule has 0 amide bonds. The van der Waals surface area contributed by atoms with Crippen LogP contribution >= 0.6 is 0 Å². The molecule has 0 rings (SSSR count). The van der Waals surface area contributed by atoms with Crippen LogP contribution in [0.4, 0.5) is 0 Å². The normalized spacial score (nSPS) is 14.2. The molecule has 0 saturated carbocycles. The Kier molecular flexibility index (Phi) is 14.6. The highest BCUT2D eigenvalue weighted by molar-refractivity contribution is 5.48. The summed E-state index contributed by atoms with van der Waals surface area (Å²) in [6.07, 6.45) is 10.5. The third-order valence-corrected chi connectivity index (χ3v) is 3.67. The van der Waals surface area contributed by atoms with Gasteiger partial charge in [-0.1, -0.05) is 44.9 Å². The molecule has 0 radical (unpaired) electrons. The summed E-state index contributed by atoms with van der Waals surface area (Å²) >= 11 is 0. The maximum absolute atomic E-state index is 10.1. The predicted molar refractivity (Wildman–Crippen MR) is 80.6 cm³/mol. The average Bonchev–Trinajstić information content (AvgIpc) is 2.45. The van der Waals surface area contributed by atoms with E-state index in [1.54, 1.807) is 0 Å². The van der Waals surface area contributed by atoms with Crippen LogP contribution in [0.3, 0.4) is 0 Å². The van der Waals surface area contributed by atoms with Crippen LogP contribution in [0.5, 0.6) is 0 Å². The van der Waals surface area contributed by atoms with Gasteiger partial charge in [0.05, 0.1) is 12.2 Å². The van der Waals surface area contributed by atoms with Crippen molar-refractivity contribution in [1.82, 2.24) is 0 Å². The fourth-order valence-electron chi connectivity index (χ4n) is 2.32. The Morgan fingerprint density at radius 3 is 1.65 bits per heavy atom. The standard InChI is InChI=1S/C16H32O4/c17-13-9-5-2-1-3-7-11-15(19)16(20)12-8-4-6-10-14-18/h13,15-16,18-20H,1-12,14H2. The van der Waals surface area contributed by atoms with Crippen molar-refractivity contribution in [3.05, 3.63) is 0 Å². The molecule has 0 aromatic heterocycles. The number of hydrogen-bond donors (Lipinski definition) is 3. The van der Waals surface area contributed by atoms with Gasteiger partial charge in [-0.05, 0) is 25.7 Å². The van der Waals surface area contributed by atoms with E-state index in [4.69, 9.17) is 5.11 Å². The van der Waals surface area contributed by atoms with Crippen molar-refractivity contribution in [2.45, 2.75) is 89.3 Å². The quantitative estimate of drug-likeness (QED) is 0.320. The summed E-state index contributed by atoms with van der Waals surface area (Å²) in [4.78, 5) is 10.1. The van der Waals surface area contributed by atoms with Gasteiger partial charge < -0.3 is 20.1 Å². The van der Waals surface area contributed by atoms with E-state index in [-0.39, 0.29) is 6.61 Å². The molecule has 4 nitrogen and oxygen atoms in total. The van der Waals surface area contributed by atoms with Crippen LogP contribution in [0.1, 0.15) is 77.0 Å². The molecule has 0 saturated heterocycles. The van der Waals surface area contributed by atoms with E-state index >= 15 is 0 Å². The van der Waals surface area contributed by atoms with Gasteiger partial charge in [-0.3, -0.25) is 0 Å². The molecular formula is C16H32O4. The van der Waals surface area contributed by atoms with E-state index in [1.165, 1.54) is 0 Å². The Balaban J connectivity index is 3.36. The van der Waals surface area contributed by atoms with Gasteiger partial charge in [0.1, 0.15) is 6.29 Å². The van der Waals surface area contributed by atoms with Crippen molar-refractivity contribution < 1.29 is 20.1 Å². The van der Waals surface area contributed by atoms with E-state index in [1.807, 2.05) is 0 Å². The molecule has 0 fully saturated rings. The van der Waals surface area contributed by atoms with Crippen LogP contribution in [0, 0.1) is 0 Å². The lowest BCUT2D eigenvalue weighted by Gasteiger charge is -2.17. The number of rotatable bonds is 15. The van der Waals surface area contributed by atoms with Crippen molar-refractivity contribution in [1.29, 1.82) is 0 Å². The summed E-state index contributed by atoms with van der Waals surface area (Å²) < 4.78 is 0. The average molecular weight is 288 g/mol. The minimum absolute atomic E-state index is 0.234. The van der Waals surface area contributed by atoms with E-state index in [0.717, 1.165) is 64.1 Å². The topological polar surface area (TPSA) is 77.8 Å². The minimum atomic E-state index is -0.612. The summed E-state index contributed by atoms with van der Waals surface area (Å²) in [5.41, 5.74) is 0. The number of aldehydes is 1. The largest absolute Gasteiger partial charge is 0.396 e. The van der Waals surface area contributed by atoms with Crippen LogP contribution in [0.2, 0.25) is 0 Å². The first kappa shape index (κ1) is 19.6. The molecule has 0 bridgehead atoms. The number of aliphatic hydroxyl groups is 3. The van der Waals surface area contributed by atoms with Crippen molar-refractivity contribution in [2.24, 2.45) is 0 Å². The predicted octanol–water partition coefficient (Wildman–Crippen LogP) is 2.58. The fraction of sp³-hybridized carbons (Fsp3) is 0.938. The van der Waals surface area contributed by atoms with E-state index in [9.17, 15) is 15.0 Å². The highest BCUT2D eigenvalue weighted by Gasteiger charge is 2.14. The first-order valence-corrected chi connectivity index (χ1v) is 8.13. The van der Waals surface area contributed by atoms with Crippen LogP contribution in [0.25, 0.3) is 0 Å². The summed E-state index contributed by atoms with van der Waals surface area (Å²) in [6.45, 7) is 0.234. The van der Waals surface area contributed by atoms with E-state index in [0.29, 0.717) is 19.3 Å². The second-order valence-corrected chi connectivity index (χ2v) is 5.57. The molecule has 2 unspecified atom stereocenters. The van der Waals surface area contributed by atoms with E-state index < -0.39 is 12.2 Å². The highest BCUT2D eigenvalue weighted by atomic mass is 16.3. The first-order chi connectivity index (χ1) is 9.72. The molecule has 120 valence electrons. The van der Waals surface area contributed by atoms with Crippen molar-refractivity contribution >= 4 is 6.29 Å². The van der Waals surface area contributed by atoms with Crippen LogP contribution in [-0.2, 0) is 4.79 Å². The van der Waals surface area contributed by atoms with Crippen LogP contribution in [-0.4, -0.2) is 40.4 Å². The molecule has 0 aliphatic heterocycles. The fourth-order valence-corrected chi connectivity index (χ4v) is 2.32. The maximum Gasteiger partial charge on any atom is 0.119 e. The molecule has 0 spiro atoms. The molecule has 0 aliphatic rings. The molecule has 3 N–H and O–H groups in total. The molecule has 2 atom stereocenters. The molecule has 0 aromatic rings. The molecule has 4 heteroatoms. The number of hydrogen-bond acceptors (Lipinski definition) is 4. The van der Waals surface area contributed by atoms with Gasteiger partial charge >= 0.3 is 0 Å². The molecular weight excluding hydrogens is 256 g/mol. The Hall–Kier alpha value is -0.450. The Labute approximate surface area is 123 Å². The second kappa shape index (κ2) is 14.9. The van der Waals surface area contributed by atoms with Gasteiger partial charge in [0, 0.05) is 13.0 Å². The summed E-state index contributed by atoms with van der Waals surface area (Å²) in [6, 6.07) is 0. The molecule has 0 aliphatic carbocycles. The summed E-state index contributed by atoms with van der Waals surface area (Å²) in [5, 5.41) is 28.3.